The third-order valence-corrected chi connectivity index (χ3v) is 26.4. The van der Waals surface area contributed by atoms with Gasteiger partial charge >= 0.3 is 6.18 Å². The summed E-state index contributed by atoms with van der Waals surface area (Å²) in [6, 6.07) is -10.1. The maximum absolute atomic E-state index is 16.0. The molecule has 0 aromatic rings. The number of nitrogens with zero attached hydrogens (tertiary/aromatic N) is 9. The summed E-state index contributed by atoms with van der Waals surface area (Å²) in [4.78, 5) is 197. The van der Waals surface area contributed by atoms with Crippen LogP contribution >= 0.6 is 0 Å². The van der Waals surface area contributed by atoms with Gasteiger partial charge in [0.15, 0.2) is 0 Å². The zero-order valence-electron chi connectivity index (χ0n) is 67.2. The molecule has 3 unspecified atom stereocenters. The molecule has 3 N–H and O–H groups in total. The molecule has 13 atom stereocenters. The summed E-state index contributed by atoms with van der Waals surface area (Å²) >= 11 is 0. The first kappa shape index (κ1) is 86.1. The third kappa shape index (κ3) is 20.5. The van der Waals surface area contributed by atoms with Gasteiger partial charge in [0.1, 0.15) is 53.9 Å². The standard InChI is InChI=1S/C80H127F3N12O14/c1-14-49(3)67-75(105)89(8)46-66(98)91(10)59-29-17-16-22-39-94(74(59)104)62-40-51-33-31-50(32-34-51)24-23-30-58(69(99)85-67)90(9)65(97)43-61(72(102)87(6)15-2)92(11)76(106)68(53-25-18-19-26-53)93(12)77(107)79(47-78(4,5)48-79)86-70(100)60-42-55(109-54-27-20-21-28-54)44-95(60)71(101)57(84-64(96)45-88(7)73(62)103)38-36-52-35-37-56(80(81,82)83)63(41-52)108-13/h16-17,49-63,67-68H,14-15,18-48H2,1-13H3,(H,84,96)(H,85,99)(H,86,100)/b17-16-/t49-,50?,51?,52?,55+,56?,57-,58-,59-,60-,61-,62-,63?,67-,68-/m0/s1. The van der Waals surface area contributed by atoms with Crippen LogP contribution in [0.2, 0.25) is 0 Å². The van der Waals surface area contributed by atoms with E-state index in [0.717, 1.165) is 38.5 Å². The van der Waals surface area contributed by atoms with E-state index in [-0.39, 0.29) is 114 Å². The Balaban J connectivity index is 1.16. The molecule has 5 saturated heterocycles. The highest BCUT2D eigenvalue weighted by atomic mass is 19.4. The minimum Gasteiger partial charge on any atom is -0.381 e. The molecule has 26 nitrogen and oxygen atoms in total. The molecule has 5 aliphatic carbocycles. The molecule has 5 saturated carbocycles. The fourth-order valence-electron chi connectivity index (χ4n) is 19.6. The number of nitrogens with one attached hydrogen (secondary N) is 3. The van der Waals surface area contributed by atoms with Crippen LogP contribution < -0.4 is 16.0 Å². The predicted molar refractivity (Wildman–Crippen MR) is 401 cm³/mol. The zero-order chi connectivity index (χ0) is 79.7. The lowest BCUT2D eigenvalue weighted by atomic mass is 9.58. The topological polar surface area (TPSA) is 289 Å². The minimum atomic E-state index is -4.52. The lowest BCUT2D eigenvalue weighted by Crippen LogP contribution is -2.71. The first-order chi connectivity index (χ1) is 51.5. The van der Waals surface area contributed by atoms with Gasteiger partial charge in [-0.25, -0.2) is 0 Å². The molecular formula is C80H127F3N12O14. The van der Waals surface area contributed by atoms with Gasteiger partial charge in [0, 0.05) is 82.5 Å². The molecule has 0 aromatic carbocycles. The van der Waals surface area contributed by atoms with Crippen molar-refractivity contribution >= 4 is 70.9 Å². The van der Waals surface area contributed by atoms with Crippen LogP contribution in [0.25, 0.3) is 0 Å². The summed E-state index contributed by atoms with van der Waals surface area (Å²) in [7, 11) is 11.6. The SMILES string of the molecule is CC[C@H](C)[C@@H]1NC(=O)[C@@H]2CCCC3CCC(CC3)C[C@@H](C(=O)N(C)CC(=O)N[C@@H](CCC3CCC(C(F)(F)F)C(OC)C3)C(=O)N3C[C@H](OC4CCCC4)C[C@H]3C(=O)NC3(CC(C)(C)C3)C(=O)N(C)[C@@H](C3CCCC3)C(=O)N(C)[C@H](C(=O)N(C)CC)CC(=O)N2C)N2CC/C=C\C[C@@H](C2=O)N(C)C(=O)CN(C)C1=O. The molecule has 11 aliphatic rings. The molecule has 29 heteroatoms. The molecule has 11 rings (SSSR count). The van der Waals surface area contributed by atoms with Crippen molar-refractivity contribution in [1.82, 2.24) is 60.0 Å². The third-order valence-electron chi connectivity index (χ3n) is 26.4. The average molecular weight is 1540 g/mol. The van der Waals surface area contributed by atoms with Crippen LogP contribution in [0.4, 0.5) is 13.2 Å². The van der Waals surface area contributed by atoms with Gasteiger partial charge in [-0.2, -0.15) is 13.2 Å². The summed E-state index contributed by atoms with van der Waals surface area (Å²) in [6.45, 7) is 8.33. The van der Waals surface area contributed by atoms with E-state index in [9.17, 15) is 27.6 Å². The number of methoxy groups -OCH3 is 1. The number of hydrogen-bond donors (Lipinski definition) is 3. The van der Waals surface area contributed by atoms with Gasteiger partial charge in [0.25, 0.3) is 0 Å². The molecular weight excluding hydrogens is 1410 g/mol. The second-order valence-corrected chi connectivity index (χ2v) is 34.6. The fraction of sp³-hybridized carbons (Fsp3) is 0.825. The highest BCUT2D eigenvalue weighted by molar-refractivity contribution is 6.01. The second-order valence-electron chi connectivity index (χ2n) is 34.6. The Bertz CT molecular complexity index is 3290. The van der Waals surface area contributed by atoms with E-state index in [1.807, 2.05) is 26.8 Å². The van der Waals surface area contributed by atoms with Crippen molar-refractivity contribution in [2.45, 2.75) is 293 Å². The van der Waals surface area contributed by atoms with E-state index in [4.69, 9.17) is 9.47 Å². The number of halogens is 3. The molecule has 6 aliphatic heterocycles. The molecule has 0 aromatic heterocycles. The van der Waals surface area contributed by atoms with Crippen molar-refractivity contribution in [3.05, 3.63) is 12.2 Å². The smallest absolute Gasteiger partial charge is 0.381 e. The number of amides is 12. The van der Waals surface area contributed by atoms with Crippen LogP contribution in [0.15, 0.2) is 12.2 Å². The average Bonchev–Trinajstić information content (AvgIpc) is 1.43. The van der Waals surface area contributed by atoms with Crippen molar-refractivity contribution < 1.29 is 80.2 Å². The normalized spacial score (nSPS) is 32.9. The van der Waals surface area contributed by atoms with Gasteiger partial charge < -0.3 is 69.5 Å². The van der Waals surface area contributed by atoms with E-state index in [1.54, 1.807) is 27.0 Å². The molecule has 109 heavy (non-hydrogen) atoms. The van der Waals surface area contributed by atoms with Crippen LogP contribution in [-0.2, 0) is 67.0 Å². The number of likely N-dealkylation sites (N-methyl/N-ethyl adjacent to an activating group) is 7. The summed E-state index contributed by atoms with van der Waals surface area (Å²) in [6.07, 6.45) is 7.56. The molecule has 1 spiro atoms. The lowest BCUT2D eigenvalue weighted by molar-refractivity contribution is -0.215. The molecule has 612 valence electrons. The number of hydrogen-bond acceptors (Lipinski definition) is 14. The van der Waals surface area contributed by atoms with Gasteiger partial charge in [-0.3, -0.25) is 57.5 Å². The van der Waals surface area contributed by atoms with E-state index < -0.39 is 186 Å². The van der Waals surface area contributed by atoms with Gasteiger partial charge in [-0.1, -0.05) is 110 Å². The van der Waals surface area contributed by atoms with Crippen molar-refractivity contribution in [2.24, 2.45) is 40.9 Å². The quantitative estimate of drug-likeness (QED) is 0.145. The van der Waals surface area contributed by atoms with Gasteiger partial charge in [0.2, 0.25) is 70.9 Å². The molecule has 6 bridgehead atoms. The largest absolute Gasteiger partial charge is 0.394 e. The molecule has 10 fully saturated rings. The van der Waals surface area contributed by atoms with Gasteiger partial charge in [0.05, 0.1) is 43.7 Å². The monoisotopic (exact) mass is 1540 g/mol. The number of alkyl halides is 3. The van der Waals surface area contributed by atoms with E-state index in [1.165, 1.54) is 93.5 Å². The molecule has 0 radical (unpaired) electrons. The van der Waals surface area contributed by atoms with Gasteiger partial charge in [-0.05, 0) is 138 Å². The number of rotatable bonds is 11. The Hall–Kier alpha value is -6.91. The molecule has 12 amide bonds. The summed E-state index contributed by atoms with van der Waals surface area (Å²) in [5.41, 5.74) is -2.16. The highest BCUT2D eigenvalue weighted by Crippen LogP contribution is 2.50. The highest BCUT2D eigenvalue weighted by Gasteiger charge is 2.60. The predicted octanol–water partition coefficient (Wildman–Crippen LogP) is 6.60. The summed E-state index contributed by atoms with van der Waals surface area (Å²) in [5.74, 6) is -10.5. The number of ether oxygens (including phenoxy) is 2. The number of carbonyl (C=O) groups excluding carboxylic acids is 12. The first-order valence-electron chi connectivity index (χ1n) is 40.7. The van der Waals surface area contributed by atoms with Crippen LogP contribution in [0.1, 0.15) is 214 Å². The van der Waals surface area contributed by atoms with Crippen LogP contribution in [0.5, 0.6) is 0 Å². The molecule has 6 heterocycles. The van der Waals surface area contributed by atoms with Crippen molar-refractivity contribution in [3.8, 4) is 0 Å². The maximum Gasteiger partial charge on any atom is 0.394 e. The van der Waals surface area contributed by atoms with Crippen molar-refractivity contribution in [3.63, 3.8) is 0 Å². The van der Waals surface area contributed by atoms with Crippen LogP contribution in [-0.4, -0.2) is 283 Å². The first-order valence-corrected chi connectivity index (χ1v) is 40.7. The Morgan fingerprint density at radius 3 is 1.90 bits per heavy atom. The fourth-order valence-corrected chi connectivity index (χ4v) is 19.6. The zero-order valence-corrected chi connectivity index (χ0v) is 67.2. The minimum absolute atomic E-state index is 0.00441. The lowest BCUT2D eigenvalue weighted by Gasteiger charge is -2.54. The van der Waals surface area contributed by atoms with Gasteiger partial charge in [-0.15, -0.1) is 0 Å². The van der Waals surface area contributed by atoms with Crippen LogP contribution in [0, 0.1) is 40.9 Å². The van der Waals surface area contributed by atoms with E-state index >= 15 is 43.2 Å². The summed E-state index contributed by atoms with van der Waals surface area (Å²) < 4.78 is 55.4. The second kappa shape index (κ2) is 37.2. The van der Waals surface area contributed by atoms with Crippen molar-refractivity contribution in [1.29, 1.82) is 0 Å². The maximum atomic E-state index is 16.0. The Morgan fingerprint density at radius 2 is 1.27 bits per heavy atom. The number of fused-ring (bicyclic) bond motifs is 22. The Kier molecular flexibility index (Phi) is 29.3. The Labute approximate surface area is 643 Å². The summed E-state index contributed by atoms with van der Waals surface area (Å²) in [5, 5.41) is 9.09. The van der Waals surface area contributed by atoms with Crippen LogP contribution in [0.3, 0.4) is 0 Å². The Morgan fingerprint density at radius 1 is 0.624 bits per heavy atom. The van der Waals surface area contributed by atoms with E-state index in [2.05, 4.69) is 16.0 Å². The number of carbonyl (C=O) groups is 12. The van der Waals surface area contributed by atoms with Crippen molar-refractivity contribution in [2.75, 3.05) is 89.2 Å². The van der Waals surface area contributed by atoms with E-state index in [0.29, 0.717) is 64.2 Å².